The fourth-order valence-electron chi connectivity index (χ4n) is 3.00. The summed E-state index contributed by atoms with van der Waals surface area (Å²) in [7, 11) is 2.41. The molecule has 0 heterocycles. The molecule has 1 aromatic rings. The molecule has 0 fully saturated rings. The van der Waals surface area contributed by atoms with E-state index in [0.29, 0.717) is 5.57 Å². The van der Waals surface area contributed by atoms with Crippen LogP contribution in [0.5, 0.6) is 0 Å². The van der Waals surface area contributed by atoms with Crippen molar-refractivity contribution in [2.24, 2.45) is 0 Å². The third-order valence-corrected chi connectivity index (χ3v) is 5.88. The molecular weight excluding hydrogens is 416 g/mol. The highest BCUT2D eigenvalue weighted by atomic mass is 32.2. The van der Waals surface area contributed by atoms with E-state index in [4.69, 9.17) is 9.84 Å². The van der Waals surface area contributed by atoms with Gasteiger partial charge in [-0.2, -0.15) is 0 Å². The maximum absolute atomic E-state index is 12.1. The van der Waals surface area contributed by atoms with E-state index in [9.17, 15) is 4.79 Å². The molecular formula is C28H48O3S. The molecule has 4 heteroatoms. The highest BCUT2D eigenvalue weighted by Crippen LogP contribution is 2.46. The van der Waals surface area contributed by atoms with Gasteiger partial charge >= 0.3 is 5.97 Å². The largest absolute Gasteiger partial charge is 0.465 e. The highest BCUT2D eigenvalue weighted by molar-refractivity contribution is 8.00. The first kappa shape index (κ1) is 34.8. The van der Waals surface area contributed by atoms with E-state index in [1.54, 1.807) is 0 Å². The van der Waals surface area contributed by atoms with E-state index in [2.05, 4.69) is 58.5 Å². The Balaban J connectivity index is -0.000000945. The van der Waals surface area contributed by atoms with Gasteiger partial charge in [0.05, 0.1) is 12.7 Å². The van der Waals surface area contributed by atoms with Crippen molar-refractivity contribution >= 4 is 17.7 Å². The second-order valence-electron chi connectivity index (χ2n) is 6.77. The Morgan fingerprint density at radius 1 is 0.938 bits per heavy atom. The number of allylic oxidation sites excluding steroid dienone is 2. The lowest BCUT2D eigenvalue weighted by molar-refractivity contribution is -0.135. The van der Waals surface area contributed by atoms with Crippen LogP contribution in [0.25, 0.3) is 0 Å². The zero-order valence-electron chi connectivity index (χ0n) is 22.7. The van der Waals surface area contributed by atoms with Gasteiger partial charge in [-0.1, -0.05) is 77.5 Å². The van der Waals surface area contributed by atoms with E-state index in [-0.39, 0.29) is 10.7 Å². The maximum atomic E-state index is 12.1. The summed E-state index contributed by atoms with van der Waals surface area (Å²) in [5.74, 6) is -0.338. The van der Waals surface area contributed by atoms with Crippen LogP contribution in [0.1, 0.15) is 82.1 Å². The minimum Gasteiger partial charge on any atom is -0.465 e. The predicted octanol–water partition coefficient (Wildman–Crippen LogP) is 8.40. The third-order valence-electron chi connectivity index (χ3n) is 4.62. The first-order valence-electron chi connectivity index (χ1n) is 11.6. The number of rotatable bonds is 5. The summed E-state index contributed by atoms with van der Waals surface area (Å²) in [5.41, 5.74) is 5.50. The van der Waals surface area contributed by atoms with Crippen LogP contribution in [0.2, 0.25) is 0 Å². The molecule has 1 N–H and O–H groups in total. The molecule has 0 saturated heterocycles. The number of carbonyl (C=O) groups excluding carboxylic acids is 1. The van der Waals surface area contributed by atoms with E-state index >= 15 is 0 Å². The standard InChI is InChI=1S/C21H26O2S.3C2H6.CH4O/c1-14-12-18(16(3)20(22)23-6)19(13-15(14)2)21(4,5)24-17-10-8-7-9-11-17;4*1-2/h7-11H,3,12-13H2,1-2,4-6H3;3*1-2H3;2H,1H3. The Morgan fingerprint density at radius 2 is 1.38 bits per heavy atom. The second-order valence-corrected chi connectivity index (χ2v) is 8.46. The Bertz CT molecular complexity index is 713. The van der Waals surface area contributed by atoms with Crippen LogP contribution in [0, 0.1) is 0 Å². The smallest absolute Gasteiger partial charge is 0.337 e. The van der Waals surface area contributed by atoms with Crippen molar-refractivity contribution < 1.29 is 14.6 Å². The quantitative estimate of drug-likeness (QED) is 0.206. The van der Waals surface area contributed by atoms with Gasteiger partial charge in [0.25, 0.3) is 0 Å². The van der Waals surface area contributed by atoms with Gasteiger partial charge in [-0.05, 0) is 63.8 Å². The molecule has 0 atom stereocenters. The summed E-state index contributed by atoms with van der Waals surface area (Å²) >= 11 is 1.82. The summed E-state index contributed by atoms with van der Waals surface area (Å²) in [6.45, 7) is 24.8. The number of esters is 1. The molecule has 1 aliphatic carbocycles. The summed E-state index contributed by atoms with van der Waals surface area (Å²) < 4.78 is 4.78. The van der Waals surface area contributed by atoms with Gasteiger partial charge in [0, 0.05) is 16.8 Å². The number of methoxy groups -OCH3 is 1. The minimum atomic E-state index is -0.338. The molecule has 3 nitrogen and oxygen atoms in total. The van der Waals surface area contributed by atoms with Crippen LogP contribution in [-0.2, 0) is 9.53 Å². The number of aliphatic hydroxyl groups excluding tert-OH is 1. The molecule has 1 aliphatic rings. The highest BCUT2D eigenvalue weighted by Gasteiger charge is 2.32. The topological polar surface area (TPSA) is 46.5 Å². The Labute approximate surface area is 203 Å². The molecule has 0 amide bonds. The lowest BCUT2D eigenvalue weighted by Gasteiger charge is -2.34. The van der Waals surface area contributed by atoms with Gasteiger partial charge < -0.3 is 9.84 Å². The fraction of sp³-hybridized carbons (Fsp3) is 0.536. The summed E-state index contributed by atoms with van der Waals surface area (Å²) in [6, 6.07) is 10.4. The first-order valence-corrected chi connectivity index (χ1v) is 12.4. The van der Waals surface area contributed by atoms with Crippen molar-refractivity contribution in [3.63, 3.8) is 0 Å². The van der Waals surface area contributed by atoms with Gasteiger partial charge in [0.15, 0.2) is 0 Å². The van der Waals surface area contributed by atoms with Gasteiger partial charge in [-0.15, -0.1) is 11.8 Å². The summed E-state index contributed by atoms with van der Waals surface area (Å²) in [4.78, 5) is 13.3. The van der Waals surface area contributed by atoms with Crippen molar-refractivity contribution in [1.29, 1.82) is 0 Å². The van der Waals surface area contributed by atoms with E-state index in [1.807, 2.05) is 59.4 Å². The molecule has 0 saturated carbocycles. The van der Waals surface area contributed by atoms with Crippen molar-refractivity contribution in [1.82, 2.24) is 0 Å². The zero-order valence-corrected chi connectivity index (χ0v) is 23.5. The molecule has 32 heavy (non-hydrogen) atoms. The predicted molar refractivity (Wildman–Crippen MR) is 144 cm³/mol. The van der Waals surface area contributed by atoms with E-state index in [1.165, 1.54) is 28.7 Å². The lowest BCUT2D eigenvalue weighted by Crippen LogP contribution is -2.24. The Hall–Kier alpha value is -1.78. The summed E-state index contributed by atoms with van der Waals surface area (Å²) in [5, 5.41) is 7.00. The molecule has 2 rings (SSSR count). The third kappa shape index (κ3) is 11.2. The Morgan fingerprint density at radius 3 is 1.81 bits per heavy atom. The fourth-order valence-corrected chi connectivity index (χ4v) is 4.20. The lowest BCUT2D eigenvalue weighted by atomic mass is 9.79. The molecule has 0 aliphatic heterocycles. The monoisotopic (exact) mass is 464 g/mol. The first-order chi connectivity index (χ1) is 15.3. The van der Waals surface area contributed by atoms with Gasteiger partial charge in [-0.25, -0.2) is 4.79 Å². The van der Waals surface area contributed by atoms with Gasteiger partial charge in [0.1, 0.15) is 0 Å². The normalized spacial score (nSPS) is 12.4. The van der Waals surface area contributed by atoms with Gasteiger partial charge in [-0.3, -0.25) is 0 Å². The van der Waals surface area contributed by atoms with Crippen molar-refractivity contribution in [2.75, 3.05) is 14.2 Å². The van der Waals surface area contributed by atoms with Crippen LogP contribution in [-0.4, -0.2) is 30.0 Å². The number of aliphatic hydroxyl groups is 1. The van der Waals surface area contributed by atoms with Crippen molar-refractivity contribution in [3.05, 3.63) is 64.8 Å². The molecule has 0 aromatic heterocycles. The molecule has 0 bridgehead atoms. The number of ether oxygens (including phenoxy) is 1. The van der Waals surface area contributed by atoms with Crippen LogP contribution in [0.4, 0.5) is 0 Å². The number of benzene rings is 1. The van der Waals surface area contributed by atoms with E-state index < -0.39 is 0 Å². The second kappa shape index (κ2) is 19.9. The number of carbonyl (C=O) groups is 1. The van der Waals surface area contributed by atoms with E-state index in [0.717, 1.165) is 25.5 Å². The van der Waals surface area contributed by atoms with Gasteiger partial charge in [0.2, 0.25) is 0 Å². The van der Waals surface area contributed by atoms with Crippen LogP contribution in [0.15, 0.2) is 69.7 Å². The number of hydrogen-bond donors (Lipinski definition) is 1. The van der Waals surface area contributed by atoms with Crippen LogP contribution >= 0.6 is 11.8 Å². The average Bonchev–Trinajstić information content (AvgIpc) is 2.85. The zero-order chi connectivity index (χ0) is 25.9. The molecule has 0 spiro atoms. The molecule has 1 aromatic carbocycles. The van der Waals surface area contributed by atoms with Crippen LogP contribution in [0.3, 0.4) is 0 Å². The number of hydrogen-bond acceptors (Lipinski definition) is 4. The SMILES string of the molecule is C=C(C(=O)OC)C1=C(C(C)(C)Sc2ccccc2)CC(C)=C(C)C1.CC.CC.CC.CO. The average molecular weight is 465 g/mol. The van der Waals surface area contributed by atoms with Crippen LogP contribution < -0.4 is 0 Å². The van der Waals surface area contributed by atoms with Crippen molar-refractivity contribution in [3.8, 4) is 0 Å². The summed E-state index contributed by atoms with van der Waals surface area (Å²) in [6.07, 6.45) is 1.65. The molecule has 0 radical (unpaired) electrons. The molecule has 184 valence electrons. The minimum absolute atomic E-state index is 0.129. The van der Waals surface area contributed by atoms with Crippen molar-refractivity contribution in [2.45, 2.75) is 91.7 Å². The Kier molecular flexibility index (Phi) is 21.6. The molecule has 0 unspecified atom stereocenters. The maximum Gasteiger partial charge on any atom is 0.337 e. The number of thioether (sulfide) groups is 1.